The third kappa shape index (κ3) is 3.73. The van der Waals surface area contributed by atoms with Gasteiger partial charge in [0.05, 0.1) is 6.20 Å². The van der Waals surface area contributed by atoms with E-state index >= 15 is 0 Å². The number of carbonyl (C=O) groups excluding carboxylic acids is 1. The zero-order valence-corrected chi connectivity index (χ0v) is 13.0. The molecule has 1 fully saturated rings. The molecular formula is C15H15F2N5O3. The molecule has 1 aliphatic rings. The van der Waals surface area contributed by atoms with Crippen LogP contribution >= 0.6 is 0 Å². The van der Waals surface area contributed by atoms with E-state index in [1.807, 2.05) is 0 Å². The standard InChI is InChI=1S/C15H15F2N5O3/c16-10-2-1-3-11(17)14(10)21-5-4-9(6-21)18-13(23)8-22-7-12(15(24)25)19-20-22/h1-3,7,9H,4-6,8H2,(H,18,23)(H,24,25). The summed E-state index contributed by atoms with van der Waals surface area (Å²) >= 11 is 0. The minimum Gasteiger partial charge on any atom is -0.476 e. The maximum atomic E-state index is 13.8. The van der Waals surface area contributed by atoms with Gasteiger partial charge in [-0.3, -0.25) is 4.79 Å². The van der Waals surface area contributed by atoms with Crippen molar-refractivity contribution in [2.75, 3.05) is 18.0 Å². The number of nitrogens with one attached hydrogen (secondary N) is 1. The molecule has 2 N–H and O–H groups in total. The topological polar surface area (TPSA) is 100 Å². The minimum absolute atomic E-state index is 0.0957. The van der Waals surface area contributed by atoms with Crippen LogP contribution in [-0.2, 0) is 11.3 Å². The van der Waals surface area contributed by atoms with Crippen LogP contribution in [0.3, 0.4) is 0 Å². The second kappa shape index (κ2) is 6.83. The molecule has 0 saturated carbocycles. The molecule has 1 saturated heterocycles. The van der Waals surface area contributed by atoms with Crippen LogP contribution < -0.4 is 10.2 Å². The average Bonchev–Trinajstić information content (AvgIpc) is 3.17. The van der Waals surface area contributed by atoms with E-state index in [0.717, 1.165) is 10.9 Å². The van der Waals surface area contributed by atoms with Gasteiger partial charge in [-0.05, 0) is 18.6 Å². The van der Waals surface area contributed by atoms with Gasteiger partial charge in [0.2, 0.25) is 5.91 Å². The van der Waals surface area contributed by atoms with E-state index in [-0.39, 0.29) is 36.4 Å². The van der Waals surface area contributed by atoms with Crippen LogP contribution in [0.25, 0.3) is 0 Å². The van der Waals surface area contributed by atoms with E-state index in [0.29, 0.717) is 13.0 Å². The first-order valence-corrected chi connectivity index (χ1v) is 7.56. The molecule has 0 radical (unpaired) electrons. The number of rotatable bonds is 5. The number of anilines is 1. The van der Waals surface area contributed by atoms with Crippen molar-refractivity contribution in [2.24, 2.45) is 0 Å². The zero-order valence-electron chi connectivity index (χ0n) is 13.0. The molecule has 1 aromatic carbocycles. The lowest BCUT2D eigenvalue weighted by Gasteiger charge is -2.20. The first kappa shape index (κ1) is 16.8. The smallest absolute Gasteiger partial charge is 0.358 e. The lowest BCUT2D eigenvalue weighted by Crippen LogP contribution is -2.39. The van der Waals surface area contributed by atoms with E-state index in [1.165, 1.54) is 18.2 Å². The molecule has 1 atom stereocenters. The Morgan fingerprint density at radius 1 is 1.32 bits per heavy atom. The molecule has 10 heteroatoms. The zero-order chi connectivity index (χ0) is 18.0. The fraction of sp³-hybridized carbons (Fsp3) is 0.333. The number of carbonyl (C=O) groups is 2. The summed E-state index contributed by atoms with van der Waals surface area (Å²) in [5.41, 5.74) is -0.350. The van der Waals surface area contributed by atoms with Crippen LogP contribution in [0.2, 0.25) is 0 Å². The van der Waals surface area contributed by atoms with Gasteiger partial charge in [-0.1, -0.05) is 11.3 Å². The number of halogens is 2. The Bertz CT molecular complexity index is 790. The van der Waals surface area contributed by atoms with Crippen LogP contribution in [0, 0.1) is 11.6 Å². The number of benzene rings is 1. The minimum atomic E-state index is -1.23. The van der Waals surface area contributed by atoms with Crippen molar-refractivity contribution >= 4 is 17.6 Å². The number of aromatic carboxylic acids is 1. The number of carboxylic acids is 1. The van der Waals surface area contributed by atoms with E-state index < -0.39 is 17.6 Å². The highest BCUT2D eigenvalue weighted by Crippen LogP contribution is 2.26. The summed E-state index contributed by atoms with van der Waals surface area (Å²) in [6, 6.07) is 3.41. The van der Waals surface area contributed by atoms with E-state index in [2.05, 4.69) is 15.6 Å². The Morgan fingerprint density at radius 3 is 2.68 bits per heavy atom. The van der Waals surface area contributed by atoms with E-state index in [4.69, 9.17) is 5.11 Å². The van der Waals surface area contributed by atoms with Crippen LogP contribution in [0.4, 0.5) is 14.5 Å². The maximum absolute atomic E-state index is 13.8. The normalized spacial score (nSPS) is 16.9. The Hall–Kier alpha value is -3.04. The van der Waals surface area contributed by atoms with Crippen LogP contribution in [0.1, 0.15) is 16.9 Å². The quantitative estimate of drug-likeness (QED) is 0.820. The molecule has 25 heavy (non-hydrogen) atoms. The molecule has 0 aliphatic carbocycles. The first-order valence-electron chi connectivity index (χ1n) is 7.56. The van der Waals surface area contributed by atoms with Gasteiger partial charge in [-0.25, -0.2) is 18.3 Å². The fourth-order valence-electron chi connectivity index (χ4n) is 2.77. The molecule has 2 aromatic rings. The second-order valence-electron chi connectivity index (χ2n) is 5.68. The third-order valence-corrected chi connectivity index (χ3v) is 3.87. The number of carboxylic acid groups (broad SMARTS) is 1. The van der Waals surface area contributed by atoms with Gasteiger partial charge in [0, 0.05) is 19.1 Å². The summed E-state index contributed by atoms with van der Waals surface area (Å²) in [6.45, 7) is 0.501. The summed E-state index contributed by atoms with van der Waals surface area (Å²) in [4.78, 5) is 24.3. The predicted molar refractivity (Wildman–Crippen MR) is 82.1 cm³/mol. The average molecular weight is 351 g/mol. The van der Waals surface area contributed by atoms with Gasteiger partial charge in [-0.15, -0.1) is 5.10 Å². The number of aromatic nitrogens is 3. The molecule has 132 valence electrons. The Kier molecular flexibility index (Phi) is 4.59. The largest absolute Gasteiger partial charge is 0.476 e. The van der Waals surface area contributed by atoms with Gasteiger partial charge in [0.1, 0.15) is 23.9 Å². The van der Waals surface area contributed by atoms with Crippen molar-refractivity contribution in [3.63, 3.8) is 0 Å². The van der Waals surface area contributed by atoms with Crippen molar-refractivity contribution in [3.8, 4) is 0 Å². The van der Waals surface area contributed by atoms with Crippen molar-refractivity contribution < 1.29 is 23.5 Å². The lowest BCUT2D eigenvalue weighted by atomic mass is 10.2. The van der Waals surface area contributed by atoms with Crippen molar-refractivity contribution in [1.82, 2.24) is 20.3 Å². The number of hydrogen-bond donors (Lipinski definition) is 2. The van der Waals surface area contributed by atoms with E-state index in [1.54, 1.807) is 4.90 Å². The molecule has 1 amide bonds. The molecule has 1 aromatic heterocycles. The van der Waals surface area contributed by atoms with Crippen LogP contribution in [0.5, 0.6) is 0 Å². The first-order chi connectivity index (χ1) is 11.9. The molecule has 2 heterocycles. The predicted octanol–water partition coefficient (Wildman–Crippen LogP) is 0.650. The highest BCUT2D eigenvalue weighted by Gasteiger charge is 2.27. The summed E-state index contributed by atoms with van der Waals surface area (Å²) < 4.78 is 28.7. The molecule has 8 nitrogen and oxygen atoms in total. The van der Waals surface area contributed by atoms with Gasteiger partial charge in [0.15, 0.2) is 5.69 Å². The summed E-state index contributed by atoms with van der Waals surface area (Å²) in [5.74, 6) is -2.90. The number of para-hydroxylation sites is 1. The van der Waals surface area contributed by atoms with Crippen molar-refractivity contribution in [1.29, 1.82) is 0 Å². The Balaban J connectivity index is 1.57. The monoisotopic (exact) mass is 351 g/mol. The van der Waals surface area contributed by atoms with Crippen molar-refractivity contribution in [3.05, 3.63) is 41.7 Å². The van der Waals surface area contributed by atoms with Gasteiger partial charge >= 0.3 is 5.97 Å². The van der Waals surface area contributed by atoms with Crippen LogP contribution in [-0.4, -0.2) is 51.1 Å². The van der Waals surface area contributed by atoms with Gasteiger partial charge < -0.3 is 15.3 Å². The molecule has 0 bridgehead atoms. The van der Waals surface area contributed by atoms with Gasteiger partial charge in [0.25, 0.3) is 0 Å². The number of hydrogen-bond acceptors (Lipinski definition) is 5. The molecule has 3 rings (SSSR count). The summed E-state index contributed by atoms with van der Waals surface area (Å²) in [7, 11) is 0. The summed E-state index contributed by atoms with van der Waals surface area (Å²) in [5, 5.41) is 18.5. The highest BCUT2D eigenvalue weighted by atomic mass is 19.1. The molecule has 1 aliphatic heterocycles. The summed E-state index contributed by atoms with van der Waals surface area (Å²) in [6.07, 6.45) is 1.69. The van der Waals surface area contributed by atoms with E-state index in [9.17, 15) is 18.4 Å². The SMILES string of the molecule is O=C(Cn1cc(C(=O)O)nn1)NC1CCN(c2c(F)cccc2F)C1. The lowest BCUT2D eigenvalue weighted by molar-refractivity contribution is -0.122. The maximum Gasteiger partial charge on any atom is 0.358 e. The Labute approximate surface area is 141 Å². The second-order valence-corrected chi connectivity index (χ2v) is 5.68. The van der Waals surface area contributed by atoms with Crippen LogP contribution in [0.15, 0.2) is 24.4 Å². The third-order valence-electron chi connectivity index (χ3n) is 3.87. The fourth-order valence-corrected chi connectivity index (χ4v) is 2.77. The number of amides is 1. The van der Waals surface area contributed by atoms with Gasteiger partial charge in [-0.2, -0.15) is 0 Å². The molecule has 1 unspecified atom stereocenters. The van der Waals surface area contributed by atoms with Crippen molar-refractivity contribution in [2.45, 2.75) is 19.0 Å². The molecule has 0 spiro atoms. The highest BCUT2D eigenvalue weighted by molar-refractivity contribution is 5.84. The number of nitrogens with zero attached hydrogens (tertiary/aromatic N) is 4. The molecular weight excluding hydrogens is 336 g/mol. The Morgan fingerprint density at radius 2 is 2.04 bits per heavy atom.